The van der Waals surface area contributed by atoms with E-state index in [1.165, 1.54) is 0 Å². The van der Waals surface area contributed by atoms with Gasteiger partial charge in [-0.1, -0.05) is 6.07 Å². The van der Waals surface area contributed by atoms with Gasteiger partial charge in [-0.2, -0.15) is 11.8 Å². The van der Waals surface area contributed by atoms with E-state index < -0.39 is 10.0 Å². The Morgan fingerprint density at radius 3 is 2.85 bits per heavy atom. The maximum Gasteiger partial charge on any atom is 0.216 e. The van der Waals surface area contributed by atoms with Crippen molar-refractivity contribution in [3.63, 3.8) is 0 Å². The predicted molar refractivity (Wildman–Crippen MR) is 80.0 cm³/mol. The molecule has 8 heteroatoms. The lowest BCUT2D eigenvalue weighted by Crippen LogP contribution is -2.33. The van der Waals surface area contributed by atoms with Crippen LogP contribution in [0.3, 0.4) is 0 Å². The third kappa shape index (κ3) is 4.19. The van der Waals surface area contributed by atoms with Crippen molar-refractivity contribution in [3.05, 3.63) is 23.8 Å². The molecule has 0 amide bonds. The Morgan fingerprint density at radius 2 is 2.10 bits per heavy atom. The summed E-state index contributed by atoms with van der Waals surface area (Å²) in [7, 11) is -3.35. The van der Waals surface area contributed by atoms with E-state index in [9.17, 15) is 8.42 Å². The highest BCUT2D eigenvalue weighted by Gasteiger charge is 2.16. The lowest BCUT2D eigenvalue weighted by atomic mass is 10.2. The van der Waals surface area contributed by atoms with Crippen LogP contribution in [0.15, 0.2) is 22.8 Å². The maximum absolute atomic E-state index is 12.1. The van der Waals surface area contributed by atoms with Crippen LogP contribution in [0.2, 0.25) is 0 Å². The Morgan fingerprint density at radius 1 is 1.35 bits per heavy atom. The lowest BCUT2D eigenvalue weighted by molar-refractivity contribution is 0.315. The van der Waals surface area contributed by atoms with E-state index in [1.54, 1.807) is 30.0 Å². The molecule has 1 aromatic heterocycles. The third-order valence-corrected chi connectivity index (χ3v) is 4.93. The molecule has 0 aliphatic rings. The van der Waals surface area contributed by atoms with Crippen LogP contribution in [-0.2, 0) is 15.8 Å². The molecular weight excluding hydrogens is 298 g/mol. The molecule has 0 radical (unpaired) electrons. The number of hydrogen-bond donors (Lipinski definition) is 1. The highest BCUT2D eigenvalue weighted by atomic mass is 32.2. The second-order valence-corrected chi connectivity index (χ2v) is 7.39. The number of nitrogens with one attached hydrogen (secondary N) is 1. The van der Waals surface area contributed by atoms with Gasteiger partial charge in [0.05, 0.1) is 5.75 Å². The summed E-state index contributed by atoms with van der Waals surface area (Å²) in [5.74, 6) is 0.861. The van der Waals surface area contributed by atoms with Gasteiger partial charge in [-0.3, -0.25) is 0 Å². The molecule has 1 unspecified atom stereocenters. The van der Waals surface area contributed by atoms with Crippen molar-refractivity contribution in [2.45, 2.75) is 25.1 Å². The molecule has 0 spiro atoms. The largest absolute Gasteiger partial charge is 0.243 e. The second kappa shape index (κ2) is 6.55. The van der Waals surface area contributed by atoms with Crippen molar-refractivity contribution < 1.29 is 13.0 Å². The van der Waals surface area contributed by atoms with E-state index in [4.69, 9.17) is 0 Å². The quantitative estimate of drug-likeness (QED) is 0.838. The Bertz CT molecular complexity index is 669. The van der Waals surface area contributed by atoms with Crippen molar-refractivity contribution in [1.29, 1.82) is 0 Å². The van der Waals surface area contributed by atoms with Crippen LogP contribution in [0.4, 0.5) is 0 Å². The van der Waals surface area contributed by atoms with Gasteiger partial charge in [-0.25, -0.2) is 17.8 Å². The third-order valence-electron chi connectivity index (χ3n) is 2.81. The first-order valence-corrected chi connectivity index (χ1v) is 9.25. The topological polar surface area (TPSA) is 85.1 Å². The van der Waals surface area contributed by atoms with Crippen LogP contribution < -0.4 is 4.72 Å². The molecule has 1 N–H and O–H groups in total. The summed E-state index contributed by atoms with van der Waals surface area (Å²) in [4.78, 5) is 0. The summed E-state index contributed by atoms with van der Waals surface area (Å²) in [5, 5.41) is 7.39. The van der Waals surface area contributed by atoms with Crippen molar-refractivity contribution in [3.8, 4) is 0 Å². The van der Waals surface area contributed by atoms with Gasteiger partial charge in [-0.05, 0) is 53.4 Å². The van der Waals surface area contributed by atoms with Crippen LogP contribution in [0.5, 0.6) is 0 Å². The first-order valence-electron chi connectivity index (χ1n) is 6.20. The minimum atomic E-state index is -3.35. The summed E-state index contributed by atoms with van der Waals surface area (Å²) in [6.45, 7) is 1.87. The van der Waals surface area contributed by atoms with Crippen LogP contribution in [0.25, 0.3) is 11.0 Å². The molecule has 1 aromatic carbocycles. The molecule has 0 bridgehead atoms. The van der Waals surface area contributed by atoms with Crippen LogP contribution in [-0.4, -0.2) is 36.8 Å². The van der Waals surface area contributed by atoms with Crippen molar-refractivity contribution in [2.24, 2.45) is 0 Å². The second-order valence-electron chi connectivity index (χ2n) is 4.65. The monoisotopic (exact) mass is 315 g/mol. The van der Waals surface area contributed by atoms with Crippen LogP contribution in [0.1, 0.15) is 18.9 Å². The van der Waals surface area contributed by atoms with E-state index in [2.05, 4.69) is 19.7 Å². The molecule has 0 saturated heterocycles. The first kappa shape index (κ1) is 15.3. The average molecular weight is 315 g/mol. The number of fused-ring (bicyclic) bond motifs is 1. The molecule has 6 nitrogen and oxygen atoms in total. The van der Waals surface area contributed by atoms with Crippen LogP contribution in [0, 0.1) is 0 Å². The average Bonchev–Trinajstić information content (AvgIpc) is 2.82. The Balaban J connectivity index is 2.03. The van der Waals surface area contributed by atoms with Crippen LogP contribution >= 0.6 is 11.8 Å². The molecule has 1 atom stereocenters. The summed E-state index contributed by atoms with van der Waals surface area (Å²) in [5.41, 5.74) is 1.85. The van der Waals surface area contributed by atoms with Crippen molar-refractivity contribution in [1.82, 2.24) is 15.0 Å². The molecule has 0 fully saturated rings. The van der Waals surface area contributed by atoms with Gasteiger partial charge in [0.2, 0.25) is 10.0 Å². The Kier molecular flexibility index (Phi) is 5.00. The minimum absolute atomic E-state index is 0.0649. The summed E-state index contributed by atoms with van der Waals surface area (Å²) >= 11 is 1.70. The number of sulfonamides is 1. The zero-order chi connectivity index (χ0) is 14.6. The molecular formula is C12H17N3O3S2. The number of benzene rings is 1. The van der Waals surface area contributed by atoms with E-state index in [0.717, 1.165) is 12.2 Å². The fraction of sp³-hybridized carbons (Fsp3) is 0.500. The normalized spacial score (nSPS) is 13.7. The SMILES string of the molecule is CSCCC(C)NS(=O)(=O)Cc1ccc2nonc2c1. The number of rotatable bonds is 7. The molecule has 2 rings (SSSR count). The number of thioether (sulfide) groups is 1. The van der Waals surface area contributed by atoms with E-state index in [0.29, 0.717) is 16.6 Å². The van der Waals surface area contributed by atoms with Gasteiger partial charge in [0, 0.05) is 6.04 Å². The first-order chi connectivity index (χ1) is 9.50. The fourth-order valence-electron chi connectivity index (χ4n) is 1.84. The zero-order valence-corrected chi connectivity index (χ0v) is 13.0. The van der Waals surface area contributed by atoms with Gasteiger partial charge in [0.15, 0.2) is 0 Å². The predicted octanol–water partition coefficient (Wildman–Crippen LogP) is 1.78. The standard InChI is InChI=1S/C12H17N3O3S2/c1-9(5-6-19-2)15-20(16,17)8-10-3-4-11-12(7-10)14-18-13-11/h3-4,7,9,15H,5-6,8H2,1-2H3. The van der Waals surface area contributed by atoms with Gasteiger partial charge in [-0.15, -0.1) is 0 Å². The summed E-state index contributed by atoms with van der Waals surface area (Å²) < 4.78 is 31.4. The minimum Gasteiger partial charge on any atom is -0.243 e. The van der Waals surface area contributed by atoms with Gasteiger partial charge in [0.25, 0.3) is 0 Å². The van der Waals surface area contributed by atoms with Crippen molar-refractivity contribution >= 4 is 32.8 Å². The summed E-state index contributed by atoms with van der Waals surface area (Å²) in [6.07, 6.45) is 2.81. The maximum atomic E-state index is 12.1. The van der Waals surface area contributed by atoms with Gasteiger partial charge < -0.3 is 0 Å². The summed E-state index contributed by atoms with van der Waals surface area (Å²) in [6, 6.07) is 5.04. The van der Waals surface area contributed by atoms with E-state index >= 15 is 0 Å². The lowest BCUT2D eigenvalue weighted by Gasteiger charge is -2.13. The molecule has 20 heavy (non-hydrogen) atoms. The van der Waals surface area contributed by atoms with E-state index in [1.807, 2.05) is 13.2 Å². The highest BCUT2D eigenvalue weighted by Crippen LogP contribution is 2.14. The molecule has 0 aliphatic carbocycles. The number of nitrogens with zero attached hydrogens (tertiary/aromatic N) is 2. The van der Waals surface area contributed by atoms with Gasteiger partial charge >= 0.3 is 0 Å². The Hall–Kier alpha value is -1.12. The number of aromatic nitrogens is 2. The smallest absolute Gasteiger partial charge is 0.216 e. The Labute approximate surface area is 122 Å². The molecule has 0 saturated carbocycles. The molecule has 110 valence electrons. The zero-order valence-electron chi connectivity index (χ0n) is 11.4. The van der Waals surface area contributed by atoms with Crippen molar-refractivity contribution in [2.75, 3.05) is 12.0 Å². The molecule has 1 heterocycles. The van der Waals surface area contributed by atoms with E-state index in [-0.39, 0.29) is 11.8 Å². The fourth-order valence-corrected chi connectivity index (χ4v) is 3.86. The molecule has 2 aromatic rings. The van der Waals surface area contributed by atoms with Gasteiger partial charge in [0.1, 0.15) is 11.0 Å². The number of hydrogen-bond acceptors (Lipinski definition) is 6. The highest BCUT2D eigenvalue weighted by molar-refractivity contribution is 7.98. The molecule has 0 aliphatic heterocycles.